The molecule has 0 unspecified atom stereocenters. The zero-order valence-corrected chi connectivity index (χ0v) is 16.6. The Morgan fingerprint density at radius 3 is 1.50 bits per heavy atom. The number of halogens is 4. The molecule has 0 aliphatic rings. The van der Waals surface area contributed by atoms with E-state index in [2.05, 4.69) is 16.1 Å². The van der Waals surface area contributed by atoms with E-state index in [9.17, 15) is 17.6 Å². The second-order valence-electron chi connectivity index (χ2n) is 7.05. The zero-order valence-electron chi connectivity index (χ0n) is 15.6. The van der Waals surface area contributed by atoms with Crippen LogP contribution in [0.4, 0.5) is 17.6 Å². The van der Waals surface area contributed by atoms with Crippen LogP contribution >= 0.6 is 0 Å². The minimum absolute atomic E-state index is 0.156. The van der Waals surface area contributed by atoms with Gasteiger partial charge < -0.3 is 14.7 Å². The van der Waals surface area contributed by atoms with E-state index in [1.807, 2.05) is 41.5 Å². The lowest BCUT2D eigenvalue weighted by atomic mass is 10.1. The molecule has 0 radical (unpaired) electrons. The van der Waals surface area contributed by atoms with Crippen molar-refractivity contribution in [3.8, 4) is 17.2 Å². The van der Waals surface area contributed by atoms with Crippen molar-refractivity contribution >= 4 is 15.4 Å². The monoisotopic (exact) mass is 390 g/mol. The maximum atomic E-state index is 14.2. The molecule has 0 aromatic heterocycles. The Balaban J connectivity index is 3.64. The molecule has 144 valence electrons. The van der Waals surface area contributed by atoms with Gasteiger partial charge in [0.05, 0.1) is 0 Å². The minimum Gasteiger partial charge on any atom is -0.507 e. The normalized spacial score (nSPS) is 11.8. The molecule has 0 fully saturated rings. The molecule has 0 spiro atoms. The molecule has 2 N–H and O–H groups in total. The zero-order chi connectivity index (χ0) is 20.4. The van der Waals surface area contributed by atoms with Gasteiger partial charge in [0, 0.05) is 0 Å². The van der Waals surface area contributed by atoms with E-state index in [0.29, 0.717) is 0 Å². The minimum atomic E-state index is -2.63. The molecule has 1 aromatic rings. The fourth-order valence-corrected chi connectivity index (χ4v) is 8.74. The number of benzene rings is 1. The third kappa shape index (κ3) is 4.08. The van der Waals surface area contributed by atoms with Gasteiger partial charge in [-0.2, -0.15) is 8.78 Å². The Morgan fingerprint density at radius 2 is 1.19 bits per heavy atom. The Kier molecular flexibility index (Phi) is 7.34. The van der Waals surface area contributed by atoms with Crippen molar-refractivity contribution in [2.24, 2.45) is 0 Å². The fraction of sp³-hybridized carbons (Fsp3) is 0.529. The van der Waals surface area contributed by atoms with Crippen LogP contribution in [0, 0.1) is 34.7 Å². The molecule has 0 aliphatic heterocycles. The Hall–Kier alpha value is -1.50. The van der Waals surface area contributed by atoms with Crippen LogP contribution in [-0.4, -0.2) is 25.4 Å². The third-order valence-corrected chi connectivity index (χ3v) is 11.0. The average molecular weight is 390 g/mol. The van der Waals surface area contributed by atoms with Crippen molar-refractivity contribution in [1.82, 2.24) is 0 Å². The second-order valence-corrected chi connectivity index (χ2v) is 12.6. The van der Waals surface area contributed by atoms with Gasteiger partial charge in [-0.3, -0.25) is 0 Å². The van der Waals surface area contributed by atoms with Gasteiger partial charge in [0.25, 0.3) is 0 Å². The molecule has 0 aliphatic carbocycles. The highest BCUT2D eigenvalue weighted by molar-refractivity contribution is 6.90. The van der Waals surface area contributed by atoms with Crippen molar-refractivity contribution in [1.29, 1.82) is 0 Å². The molecule has 0 heterocycles. The van der Waals surface area contributed by atoms with E-state index in [1.54, 1.807) is 0 Å². The molecule has 9 heteroatoms. The van der Waals surface area contributed by atoms with Crippen LogP contribution in [-0.2, 0) is 0 Å². The van der Waals surface area contributed by atoms with Crippen molar-refractivity contribution in [2.75, 3.05) is 0 Å². The summed E-state index contributed by atoms with van der Waals surface area (Å²) in [6.45, 7) is 11.9. The van der Waals surface area contributed by atoms with Gasteiger partial charge in [-0.25, -0.2) is 8.78 Å². The maximum absolute atomic E-state index is 14.2. The first kappa shape index (κ1) is 22.5. The van der Waals surface area contributed by atoms with E-state index in [-0.39, 0.29) is 16.6 Å². The van der Waals surface area contributed by atoms with Crippen LogP contribution in [0.5, 0.6) is 5.75 Å². The highest BCUT2D eigenvalue weighted by Crippen LogP contribution is 2.41. The lowest BCUT2D eigenvalue weighted by Crippen LogP contribution is -2.43. The standard InChI is InChI=1S/C17H23BF4O3Si/c1-9(2)26(10(3)4,11(5)6)8-7-12-13(19)15(21)17(25-18(23)24)16(22)14(12)20/h9-11,23-24H,1-6H3. The lowest BCUT2D eigenvalue weighted by Gasteiger charge is -2.38. The van der Waals surface area contributed by atoms with E-state index in [1.165, 1.54) is 0 Å². The van der Waals surface area contributed by atoms with Gasteiger partial charge in [-0.05, 0) is 16.6 Å². The molecule has 26 heavy (non-hydrogen) atoms. The Bertz CT molecular complexity index is 676. The first-order chi connectivity index (χ1) is 11.9. The Morgan fingerprint density at radius 1 is 0.808 bits per heavy atom. The van der Waals surface area contributed by atoms with Gasteiger partial charge in [0.1, 0.15) is 13.6 Å². The molecule has 3 nitrogen and oxygen atoms in total. The molecule has 0 saturated carbocycles. The highest BCUT2D eigenvalue weighted by atomic mass is 28.3. The summed E-state index contributed by atoms with van der Waals surface area (Å²) in [6, 6.07) is 0. The molecule has 0 amide bonds. The van der Waals surface area contributed by atoms with E-state index < -0.39 is 50.0 Å². The number of hydrogen-bond acceptors (Lipinski definition) is 3. The molecule has 1 aromatic carbocycles. The van der Waals surface area contributed by atoms with E-state index in [0.717, 1.165) is 0 Å². The molecule has 0 atom stereocenters. The van der Waals surface area contributed by atoms with Crippen LogP contribution in [0.2, 0.25) is 16.6 Å². The molecular weight excluding hydrogens is 367 g/mol. The summed E-state index contributed by atoms with van der Waals surface area (Å²) < 4.78 is 60.4. The predicted molar refractivity (Wildman–Crippen MR) is 95.0 cm³/mol. The van der Waals surface area contributed by atoms with Gasteiger partial charge in [-0.1, -0.05) is 47.5 Å². The van der Waals surface area contributed by atoms with Gasteiger partial charge >= 0.3 is 7.32 Å². The van der Waals surface area contributed by atoms with Crippen LogP contribution in [0.15, 0.2) is 0 Å². The number of hydrogen-bond donors (Lipinski definition) is 2. The topological polar surface area (TPSA) is 49.7 Å². The van der Waals surface area contributed by atoms with Crippen molar-refractivity contribution in [3.05, 3.63) is 28.8 Å². The summed E-state index contributed by atoms with van der Waals surface area (Å²) in [5.74, 6) is -6.41. The summed E-state index contributed by atoms with van der Waals surface area (Å²) in [5.41, 5.74) is 2.42. The highest BCUT2D eigenvalue weighted by Gasteiger charge is 2.42. The van der Waals surface area contributed by atoms with Crippen LogP contribution in [0.3, 0.4) is 0 Å². The largest absolute Gasteiger partial charge is 0.707 e. The maximum Gasteiger partial charge on any atom is 0.707 e. The Labute approximate surface area is 152 Å². The molecular formula is C17H23BF4O3Si. The van der Waals surface area contributed by atoms with E-state index >= 15 is 0 Å². The predicted octanol–water partition coefficient (Wildman–Crippen LogP) is 4.16. The van der Waals surface area contributed by atoms with Gasteiger partial charge in [-0.15, -0.1) is 5.54 Å². The SMILES string of the molecule is CC(C)[Si](C#Cc1c(F)c(F)c(OB(O)O)c(F)c1F)(C(C)C)C(C)C. The van der Waals surface area contributed by atoms with Crippen LogP contribution < -0.4 is 4.65 Å². The first-order valence-electron chi connectivity index (χ1n) is 8.29. The summed E-state index contributed by atoms with van der Waals surface area (Å²) >= 11 is 0. The molecule has 1 rings (SSSR count). The fourth-order valence-electron chi connectivity index (χ4n) is 3.53. The van der Waals surface area contributed by atoms with Crippen molar-refractivity contribution in [3.63, 3.8) is 0 Å². The van der Waals surface area contributed by atoms with Crippen LogP contribution in [0.1, 0.15) is 47.1 Å². The van der Waals surface area contributed by atoms with Crippen molar-refractivity contribution in [2.45, 2.75) is 58.2 Å². The quantitative estimate of drug-likeness (QED) is 0.344. The summed E-state index contributed by atoms with van der Waals surface area (Å²) in [7, 11) is -5.01. The van der Waals surface area contributed by atoms with Gasteiger partial charge in [0.2, 0.25) is 11.6 Å². The van der Waals surface area contributed by atoms with Gasteiger partial charge in [0.15, 0.2) is 17.4 Å². The second kappa shape index (κ2) is 8.46. The molecule has 0 saturated heterocycles. The third-order valence-electron chi connectivity index (χ3n) is 4.72. The summed E-state index contributed by atoms with van der Waals surface area (Å²) in [6.07, 6.45) is 0. The van der Waals surface area contributed by atoms with Crippen LogP contribution in [0.25, 0.3) is 0 Å². The smallest absolute Gasteiger partial charge is 0.507 e. The van der Waals surface area contributed by atoms with Crippen molar-refractivity contribution < 1.29 is 32.3 Å². The van der Waals surface area contributed by atoms with E-state index in [4.69, 9.17) is 10.0 Å². The molecule has 0 bridgehead atoms. The first-order valence-corrected chi connectivity index (χ1v) is 10.5. The lowest BCUT2D eigenvalue weighted by molar-refractivity contribution is 0.268. The summed E-state index contributed by atoms with van der Waals surface area (Å²) in [5, 5.41) is 17.3. The summed E-state index contributed by atoms with van der Waals surface area (Å²) in [4.78, 5) is 0. The average Bonchev–Trinajstić information content (AvgIpc) is 2.51. The number of rotatable bonds is 5.